The Hall–Kier alpha value is -6.33. The van der Waals surface area contributed by atoms with Gasteiger partial charge in [0.15, 0.2) is 11.5 Å². The Morgan fingerprint density at radius 1 is 1.06 bits per heavy atom. The van der Waals surface area contributed by atoms with Crippen molar-refractivity contribution in [2.75, 3.05) is 11.0 Å². The zero-order chi connectivity index (χ0) is 35.3. The number of pyridine rings is 2. The Morgan fingerprint density at radius 2 is 1.82 bits per heavy atom. The number of nitrogens with one attached hydrogen (secondary N) is 2. The van der Waals surface area contributed by atoms with Crippen LogP contribution in [-0.4, -0.2) is 52.3 Å². The first-order valence-corrected chi connectivity index (χ1v) is 16.7. The molecule has 2 aromatic carbocycles. The van der Waals surface area contributed by atoms with Gasteiger partial charge in [-0.2, -0.15) is 5.10 Å². The van der Waals surface area contributed by atoms with Crippen LogP contribution in [0.1, 0.15) is 42.3 Å². The summed E-state index contributed by atoms with van der Waals surface area (Å²) in [7, 11) is -1.75. The van der Waals surface area contributed by atoms with E-state index in [0.29, 0.717) is 44.6 Å². The minimum atomic E-state index is -3.55. The summed E-state index contributed by atoms with van der Waals surface area (Å²) >= 11 is 0. The van der Waals surface area contributed by atoms with Crippen molar-refractivity contribution in [2.24, 2.45) is 22.8 Å². The fraction of sp³-hybridized carbons (Fsp3) is 0.143. The number of sulfonamides is 1. The van der Waals surface area contributed by atoms with Crippen LogP contribution in [0.2, 0.25) is 0 Å². The highest BCUT2D eigenvalue weighted by molar-refractivity contribution is 7.92. The van der Waals surface area contributed by atoms with E-state index < -0.39 is 22.0 Å². The summed E-state index contributed by atoms with van der Waals surface area (Å²) in [6, 6.07) is 17.1. The number of carbonyl (C=O) groups is 1. The van der Waals surface area contributed by atoms with Gasteiger partial charge < -0.3 is 11.1 Å². The van der Waals surface area contributed by atoms with Gasteiger partial charge in [-0.15, -0.1) is 0 Å². The first kappa shape index (κ1) is 34.0. The van der Waals surface area contributed by atoms with E-state index >= 15 is 0 Å². The molecule has 1 atom stereocenters. The maximum atomic E-state index is 14.3. The van der Waals surface area contributed by atoms with Crippen molar-refractivity contribution in [1.29, 1.82) is 0 Å². The van der Waals surface area contributed by atoms with Gasteiger partial charge in [0.05, 0.1) is 41.3 Å². The van der Waals surface area contributed by atoms with Crippen molar-refractivity contribution < 1.29 is 13.2 Å². The largest absolute Gasteiger partial charge is 0.382 e. The number of para-hydroxylation sites is 1. The van der Waals surface area contributed by atoms with E-state index in [4.69, 9.17) is 5.73 Å². The van der Waals surface area contributed by atoms with Gasteiger partial charge in [0.2, 0.25) is 10.0 Å². The number of carbonyl (C=O) groups excluding carboxylic acids is 1. The highest BCUT2D eigenvalue weighted by Gasteiger charge is 2.22. The number of aryl methyl sites for hydroxylation is 1. The highest BCUT2D eigenvalue weighted by Crippen LogP contribution is 2.24. The molecule has 14 heteroatoms. The number of anilines is 1. The summed E-state index contributed by atoms with van der Waals surface area (Å²) in [6.45, 7) is 6.79. The molecule has 49 heavy (non-hydrogen) atoms. The lowest BCUT2D eigenvalue weighted by molar-refractivity contribution is -0.118. The van der Waals surface area contributed by atoms with E-state index in [1.54, 1.807) is 60.7 Å². The van der Waals surface area contributed by atoms with Crippen molar-refractivity contribution >= 4 is 44.8 Å². The number of amides is 1. The lowest BCUT2D eigenvalue weighted by Gasteiger charge is -2.21. The third-order valence-corrected chi connectivity index (χ3v) is 7.90. The molecule has 1 unspecified atom stereocenters. The molecule has 0 fully saturated rings. The lowest BCUT2D eigenvalue weighted by Crippen LogP contribution is -2.33. The second kappa shape index (κ2) is 14.2. The number of benzene rings is 2. The quantitative estimate of drug-likeness (QED) is 0.122. The molecule has 0 aliphatic heterocycles. The number of rotatable bonds is 9. The molecule has 1 amide bonds. The second-order valence-electron chi connectivity index (χ2n) is 11.1. The Kier molecular flexibility index (Phi) is 9.86. The van der Waals surface area contributed by atoms with Gasteiger partial charge in [0.1, 0.15) is 0 Å². The molecule has 0 aliphatic carbocycles. The molecule has 248 valence electrons. The average molecular weight is 676 g/mol. The van der Waals surface area contributed by atoms with Crippen LogP contribution in [0, 0.1) is 11.8 Å². The molecule has 0 radical (unpaired) electrons. The molecule has 3 heterocycles. The molecule has 13 nitrogen and oxygen atoms in total. The summed E-state index contributed by atoms with van der Waals surface area (Å²) in [4.78, 5) is 40.3. The lowest BCUT2D eigenvalue weighted by atomic mass is 10.0. The smallest absolute Gasteiger partial charge is 0.274 e. The maximum Gasteiger partial charge on any atom is 0.274 e. The number of fused-ring (bicyclic) bond motifs is 1. The topological polar surface area (TPSA) is 179 Å². The van der Waals surface area contributed by atoms with Crippen LogP contribution in [0.15, 0.2) is 112 Å². The van der Waals surface area contributed by atoms with Crippen molar-refractivity contribution in [1.82, 2.24) is 24.6 Å². The maximum absolute atomic E-state index is 14.3. The van der Waals surface area contributed by atoms with E-state index in [2.05, 4.69) is 48.7 Å². The SMILES string of the molecule is C=N/C(N)=C(\N=C(C)c1cncc(NS(C)(=O)=O)c1)C(=O)NC(C)c1cc2cccc(C#Cc3cnn(C)c3)c2c(=O)n1-c1ccccc1. The molecular weight excluding hydrogens is 643 g/mol. The normalized spacial score (nSPS) is 12.8. The minimum absolute atomic E-state index is 0.217. The molecule has 0 spiro atoms. The molecule has 5 rings (SSSR count). The average Bonchev–Trinajstić information content (AvgIpc) is 3.49. The Bertz CT molecular complexity index is 2380. The molecule has 3 aromatic heterocycles. The van der Waals surface area contributed by atoms with E-state index in [9.17, 15) is 18.0 Å². The second-order valence-corrected chi connectivity index (χ2v) is 12.8. The van der Waals surface area contributed by atoms with Crippen LogP contribution in [0.25, 0.3) is 16.5 Å². The van der Waals surface area contributed by atoms with Gasteiger partial charge in [0, 0.05) is 47.7 Å². The summed E-state index contributed by atoms with van der Waals surface area (Å²) in [5.41, 5.74) is 8.82. The summed E-state index contributed by atoms with van der Waals surface area (Å²) < 4.78 is 29.0. The van der Waals surface area contributed by atoms with E-state index in [1.165, 1.54) is 18.5 Å². The number of aliphatic imine (C=N–C) groups is 2. The summed E-state index contributed by atoms with van der Waals surface area (Å²) in [5, 5.41) is 8.11. The molecule has 0 saturated carbocycles. The van der Waals surface area contributed by atoms with Crippen LogP contribution >= 0.6 is 0 Å². The number of nitrogens with zero attached hydrogens (tertiary/aromatic N) is 6. The third kappa shape index (κ3) is 7.98. The Balaban J connectivity index is 1.55. The third-order valence-electron chi connectivity index (χ3n) is 7.29. The highest BCUT2D eigenvalue weighted by atomic mass is 32.2. The van der Waals surface area contributed by atoms with Gasteiger partial charge in [-0.25, -0.2) is 18.4 Å². The van der Waals surface area contributed by atoms with Crippen LogP contribution in [-0.2, 0) is 21.9 Å². The molecule has 0 bridgehead atoms. The summed E-state index contributed by atoms with van der Waals surface area (Å²) in [5.74, 6) is 5.28. The standard InChI is InChI=1S/C35H33N9O4S/c1-22(27-16-28(20-38-19-27)42-49(5,47)48)40-32(33(36)37-3)34(45)41-23(2)30-17-26-11-9-10-25(15-14-24-18-39-43(4)21-24)31(26)35(46)44(30)29-12-7-6-8-13-29/h6-13,16-21,23,42H,3,36H2,1-2,4-5H3,(H,41,45)/b33-32-,40-22?. The fourth-order valence-corrected chi connectivity index (χ4v) is 5.59. The monoisotopic (exact) mass is 675 g/mol. The molecule has 0 saturated heterocycles. The van der Waals surface area contributed by atoms with Gasteiger partial charge in [-0.3, -0.25) is 28.5 Å². The molecule has 0 aliphatic rings. The predicted molar refractivity (Wildman–Crippen MR) is 191 cm³/mol. The van der Waals surface area contributed by atoms with Crippen LogP contribution in [0.5, 0.6) is 0 Å². The van der Waals surface area contributed by atoms with E-state index in [-0.39, 0.29) is 22.8 Å². The fourth-order valence-electron chi connectivity index (χ4n) is 5.05. The summed E-state index contributed by atoms with van der Waals surface area (Å²) in [6.07, 6.45) is 7.26. The van der Waals surface area contributed by atoms with E-state index in [0.717, 1.165) is 6.26 Å². The van der Waals surface area contributed by atoms with Gasteiger partial charge in [-0.05, 0) is 56.3 Å². The van der Waals surface area contributed by atoms with Crippen LogP contribution < -0.4 is 21.3 Å². The van der Waals surface area contributed by atoms with Gasteiger partial charge in [-0.1, -0.05) is 42.2 Å². The zero-order valence-electron chi connectivity index (χ0n) is 27.2. The van der Waals surface area contributed by atoms with Crippen molar-refractivity contribution in [3.63, 3.8) is 0 Å². The van der Waals surface area contributed by atoms with E-state index in [1.807, 2.05) is 36.4 Å². The van der Waals surface area contributed by atoms with Crippen LogP contribution in [0.4, 0.5) is 5.69 Å². The first-order chi connectivity index (χ1) is 23.3. The first-order valence-electron chi connectivity index (χ1n) is 14.8. The van der Waals surface area contributed by atoms with Gasteiger partial charge in [0.25, 0.3) is 11.5 Å². The molecule has 4 N–H and O–H groups in total. The zero-order valence-corrected chi connectivity index (χ0v) is 28.0. The van der Waals surface area contributed by atoms with Crippen molar-refractivity contribution in [3.8, 4) is 17.5 Å². The number of aromatic nitrogens is 4. The van der Waals surface area contributed by atoms with Crippen LogP contribution in [0.3, 0.4) is 0 Å². The van der Waals surface area contributed by atoms with Gasteiger partial charge >= 0.3 is 0 Å². The number of hydrogen-bond acceptors (Lipinski definition) is 9. The molecular formula is C35H33N9O4S. The number of hydrogen-bond donors (Lipinski definition) is 3. The van der Waals surface area contributed by atoms with Crippen molar-refractivity contribution in [2.45, 2.75) is 19.9 Å². The van der Waals surface area contributed by atoms with Crippen molar-refractivity contribution in [3.05, 3.63) is 130 Å². The Labute approximate surface area is 283 Å². The minimum Gasteiger partial charge on any atom is -0.382 e. The predicted octanol–water partition coefficient (Wildman–Crippen LogP) is 3.41. The Morgan fingerprint density at radius 3 is 2.49 bits per heavy atom. The number of nitrogens with two attached hydrogens (primary N) is 1. The molecule has 5 aromatic rings.